The normalized spacial score (nSPS) is 14.8. The van der Waals surface area contributed by atoms with E-state index in [1.54, 1.807) is 13.0 Å². The Morgan fingerprint density at radius 2 is 1.97 bits per heavy atom. The Hall–Kier alpha value is -2.71. The van der Waals surface area contributed by atoms with E-state index in [2.05, 4.69) is 20.8 Å². The Bertz CT molecular complexity index is 1200. The van der Waals surface area contributed by atoms with Crippen molar-refractivity contribution in [2.45, 2.75) is 19.1 Å². The lowest BCUT2D eigenvalue weighted by Crippen LogP contribution is -2.67. The van der Waals surface area contributed by atoms with Gasteiger partial charge in [0.1, 0.15) is 11.4 Å². The van der Waals surface area contributed by atoms with E-state index in [-0.39, 0.29) is 37.4 Å². The van der Waals surface area contributed by atoms with Gasteiger partial charge in [0.2, 0.25) is 11.8 Å². The lowest BCUT2D eigenvalue weighted by molar-refractivity contribution is -0.0788. The summed E-state index contributed by atoms with van der Waals surface area (Å²) >= 11 is 1.92. The molecule has 174 valence electrons. The highest BCUT2D eigenvalue weighted by Gasteiger charge is 2.44. The fraction of sp³-hybridized carbons (Fsp3) is 0.286. The van der Waals surface area contributed by atoms with Crippen LogP contribution in [0.2, 0.25) is 0 Å². The molecule has 0 saturated carbocycles. The number of carbonyl (C=O) groups is 1. The molecule has 4 rings (SSSR count). The third kappa shape index (κ3) is 5.12. The molecule has 1 aromatic heterocycles. The number of β-amino-alcohol motifs (C(OH)–C–C–N with tert-alkyl or cyclic N) is 1. The van der Waals surface area contributed by atoms with Gasteiger partial charge in [-0.25, -0.2) is 13.2 Å². The summed E-state index contributed by atoms with van der Waals surface area (Å²) < 4.78 is 48.6. The smallest absolute Gasteiger partial charge is 0.256 e. The topological polar surface area (TPSA) is 104 Å². The average molecular weight is 573 g/mol. The number of aliphatic hydroxyl groups is 1. The molecule has 8 nitrogen and oxygen atoms in total. The molecule has 33 heavy (non-hydrogen) atoms. The van der Waals surface area contributed by atoms with Gasteiger partial charge < -0.3 is 25.1 Å². The van der Waals surface area contributed by atoms with E-state index in [9.17, 15) is 23.1 Å². The minimum atomic E-state index is -1.30. The van der Waals surface area contributed by atoms with Crippen molar-refractivity contribution in [1.29, 1.82) is 0 Å². The highest BCUT2D eigenvalue weighted by atomic mass is 127. The van der Waals surface area contributed by atoms with Crippen LogP contribution in [0.4, 0.5) is 24.5 Å². The summed E-state index contributed by atoms with van der Waals surface area (Å²) in [4.78, 5) is 14.3. The van der Waals surface area contributed by atoms with Crippen LogP contribution in [-0.4, -0.2) is 51.3 Å². The first-order valence-electron chi connectivity index (χ1n) is 9.87. The van der Waals surface area contributed by atoms with Gasteiger partial charge in [0.15, 0.2) is 11.6 Å². The summed E-state index contributed by atoms with van der Waals surface area (Å²) in [6, 6.07) is 6.14. The van der Waals surface area contributed by atoms with Crippen LogP contribution in [-0.2, 0) is 6.54 Å². The molecule has 1 saturated heterocycles. The van der Waals surface area contributed by atoms with E-state index >= 15 is 0 Å². The van der Waals surface area contributed by atoms with Crippen molar-refractivity contribution in [3.8, 4) is 0 Å². The standard InChI is InChI=1S/C21H19F3IN5O3/c1-11-28-29-17(33-11)7-26-8-21(32)9-30(10-21)20(31)13-3-4-14(22)18(24)19(13)27-16-5-2-12(25)6-15(16)23/h2-6,26-27,32H,7-10H2,1H3. The Morgan fingerprint density at radius 3 is 2.64 bits per heavy atom. The van der Waals surface area contributed by atoms with Crippen molar-refractivity contribution in [2.24, 2.45) is 0 Å². The van der Waals surface area contributed by atoms with Crippen molar-refractivity contribution >= 4 is 39.9 Å². The zero-order valence-corrected chi connectivity index (χ0v) is 19.5. The number of likely N-dealkylation sites (tertiary alicyclic amines) is 1. The Balaban J connectivity index is 1.44. The van der Waals surface area contributed by atoms with E-state index in [1.807, 2.05) is 22.6 Å². The van der Waals surface area contributed by atoms with Gasteiger partial charge in [-0.15, -0.1) is 10.2 Å². The van der Waals surface area contributed by atoms with Crippen LogP contribution in [0, 0.1) is 27.9 Å². The van der Waals surface area contributed by atoms with Crippen LogP contribution in [0.25, 0.3) is 0 Å². The molecular formula is C21H19F3IN5O3. The second-order valence-electron chi connectivity index (χ2n) is 7.74. The lowest BCUT2D eigenvalue weighted by Gasteiger charge is -2.46. The van der Waals surface area contributed by atoms with Crippen LogP contribution >= 0.6 is 22.6 Å². The predicted octanol–water partition coefficient (Wildman–Crippen LogP) is 3.12. The Morgan fingerprint density at radius 1 is 1.21 bits per heavy atom. The molecule has 0 unspecified atom stereocenters. The molecule has 0 atom stereocenters. The summed E-state index contributed by atoms with van der Waals surface area (Å²) in [7, 11) is 0. The predicted molar refractivity (Wildman–Crippen MR) is 120 cm³/mol. The number of nitrogens with zero attached hydrogens (tertiary/aromatic N) is 3. The minimum absolute atomic E-state index is 0.0297. The van der Waals surface area contributed by atoms with Gasteiger partial charge in [0.25, 0.3) is 5.91 Å². The van der Waals surface area contributed by atoms with Gasteiger partial charge in [-0.1, -0.05) is 0 Å². The van der Waals surface area contributed by atoms with Crippen molar-refractivity contribution in [1.82, 2.24) is 20.4 Å². The van der Waals surface area contributed by atoms with Gasteiger partial charge in [-0.2, -0.15) is 0 Å². The molecule has 1 fully saturated rings. The number of amides is 1. The monoisotopic (exact) mass is 573 g/mol. The second-order valence-corrected chi connectivity index (χ2v) is 8.98. The van der Waals surface area contributed by atoms with Crippen LogP contribution in [0.15, 0.2) is 34.7 Å². The zero-order valence-electron chi connectivity index (χ0n) is 17.3. The number of hydrogen-bond acceptors (Lipinski definition) is 7. The molecule has 2 heterocycles. The van der Waals surface area contributed by atoms with E-state index in [0.717, 1.165) is 12.1 Å². The molecule has 0 aliphatic carbocycles. The lowest BCUT2D eigenvalue weighted by atomic mass is 9.92. The molecular weight excluding hydrogens is 554 g/mol. The molecule has 3 aromatic rings. The van der Waals surface area contributed by atoms with E-state index < -0.39 is 34.6 Å². The fourth-order valence-electron chi connectivity index (χ4n) is 3.48. The number of nitrogens with one attached hydrogen (secondary N) is 2. The fourth-order valence-corrected chi connectivity index (χ4v) is 3.93. The SMILES string of the molecule is Cc1nnc(CNCC2(O)CN(C(=O)c3ccc(F)c(F)c3Nc3ccc(I)cc3F)C2)o1. The van der Waals surface area contributed by atoms with Crippen molar-refractivity contribution < 1.29 is 27.5 Å². The molecule has 1 amide bonds. The number of anilines is 2. The van der Waals surface area contributed by atoms with Gasteiger partial charge in [-0.3, -0.25) is 4.79 Å². The first kappa shape index (κ1) is 23.4. The number of aryl methyl sites for hydroxylation is 1. The third-order valence-corrected chi connectivity index (χ3v) is 5.74. The molecule has 2 aromatic carbocycles. The highest BCUT2D eigenvalue weighted by molar-refractivity contribution is 14.1. The minimum Gasteiger partial charge on any atom is -0.424 e. The first-order chi connectivity index (χ1) is 15.6. The third-order valence-electron chi connectivity index (χ3n) is 5.07. The van der Waals surface area contributed by atoms with Crippen LogP contribution in [0.3, 0.4) is 0 Å². The largest absolute Gasteiger partial charge is 0.424 e. The maximum atomic E-state index is 14.6. The number of rotatable bonds is 7. The summed E-state index contributed by atoms with van der Waals surface area (Å²) in [5, 5.41) is 23.6. The molecule has 3 N–H and O–H groups in total. The number of carbonyl (C=O) groups excluding carboxylic acids is 1. The molecule has 1 aliphatic rings. The van der Waals surface area contributed by atoms with Gasteiger partial charge in [-0.05, 0) is 52.9 Å². The Kier molecular flexibility index (Phi) is 6.59. The number of aromatic nitrogens is 2. The van der Waals surface area contributed by atoms with Crippen LogP contribution in [0.5, 0.6) is 0 Å². The summed E-state index contributed by atoms with van der Waals surface area (Å²) in [6.07, 6.45) is 0. The highest BCUT2D eigenvalue weighted by Crippen LogP contribution is 2.31. The van der Waals surface area contributed by atoms with Crippen molar-refractivity contribution in [3.63, 3.8) is 0 Å². The van der Waals surface area contributed by atoms with Gasteiger partial charge >= 0.3 is 0 Å². The maximum absolute atomic E-state index is 14.6. The van der Waals surface area contributed by atoms with E-state index in [1.165, 1.54) is 17.0 Å². The molecule has 0 bridgehead atoms. The molecule has 0 radical (unpaired) electrons. The maximum Gasteiger partial charge on any atom is 0.256 e. The summed E-state index contributed by atoms with van der Waals surface area (Å²) in [5.41, 5.74) is -1.96. The number of hydrogen-bond donors (Lipinski definition) is 3. The molecule has 0 spiro atoms. The van der Waals surface area contributed by atoms with E-state index in [4.69, 9.17) is 4.42 Å². The second kappa shape index (κ2) is 9.27. The quantitative estimate of drug-likeness (QED) is 0.374. The number of halogens is 4. The summed E-state index contributed by atoms with van der Waals surface area (Å²) in [6.45, 7) is 1.99. The van der Waals surface area contributed by atoms with Gasteiger partial charge in [0.05, 0.1) is 36.6 Å². The van der Waals surface area contributed by atoms with Crippen LogP contribution in [0.1, 0.15) is 22.1 Å². The molecule has 12 heteroatoms. The van der Waals surface area contributed by atoms with Crippen molar-refractivity contribution in [2.75, 3.05) is 25.0 Å². The zero-order chi connectivity index (χ0) is 23.8. The van der Waals surface area contributed by atoms with E-state index in [0.29, 0.717) is 15.4 Å². The average Bonchev–Trinajstić information content (AvgIpc) is 3.16. The van der Waals surface area contributed by atoms with Crippen molar-refractivity contribution in [3.05, 3.63) is 68.7 Å². The summed E-state index contributed by atoms with van der Waals surface area (Å²) in [5.74, 6) is -2.99. The van der Waals surface area contributed by atoms with Crippen LogP contribution < -0.4 is 10.6 Å². The molecule has 1 aliphatic heterocycles. The number of benzene rings is 2. The first-order valence-corrected chi connectivity index (χ1v) is 10.9. The van der Waals surface area contributed by atoms with Gasteiger partial charge in [0, 0.05) is 17.0 Å². The Labute approximate surface area is 200 Å².